The summed E-state index contributed by atoms with van der Waals surface area (Å²) in [6.07, 6.45) is 3.64. The second kappa shape index (κ2) is 7.48. The monoisotopic (exact) mass is 477 g/mol. The number of rotatable bonds is 2. The van der Waals surface area contributed by atoms with Crippen LogP contribution in [0.3, 0.4) is 0 Å². The summed E-state index contributed by atoms with van der Waals surface area (Å²) in [6.45, 7) is 3.65. The first kappa shape index (κ1) is 22.4. The molecule has 0 radical (unpaired) electrons. The van der Waals surface area contributed by atoms with Crippen LogP contribution in [0.1, 0.15) is 44.7 Å². The zero-order valence-corrected chi connectivity index (χ0v) is 19.7. The number of carbonyl (C=O) groups excluding carboxylic acids is 2. The first-order valence-electron chi connectivity index (χ1n) is 12.2. The molecule has 35 heavy (non-hydrogen) atoms. The van der Waals surface area contributed by atoms with Gasteiger partial charge < -0.3 is 9.84 Å². The lowest BCUT2D eigenvalue weighted by molar-refractivity contribution is -0.169. The summed E-state index contributed by atoms with van der Waals surface area (Å²) in [4.78, 5) is 33.4. The Bertz CT molecular complexity index is 1220. The van der Waals surface area contributed by atoms with Gasteiger partial charge >= 0.3 is 5.97 Å². The van der Waals surface area contributed by atoms with E-state index >= 15 is 0 Å². The average Bonchev–Trinajstić information content (AvgIpc) is 3.45. The van der Waals surface area contributed by atoms with E-state index in [-0.39, 0.29) is 30.0 Å². The van der Waals surface area contributed by atoms with Crippen LogP contribution in [0.15, 0.2) is 66.7 Å². The summed E-state index contributed by atoms with van der Waals surface area (Å²) in [5, 5.41) is 13.4. The number of fused-ring (bicyclic) bond motifs is 4. The zero-order chi connectivity index (χ0) is 24.6. The molecule has 2 aliphatic heterocycles. The number of aliphatic hydroxyl groups is 1. The van der Waals surface area contributed by atoms with Crippen molar-refractivity contribution in [1.29, 1.82) is 0 Å². The summed E-state index contributed by atoms with van der Waals surface area (Å²) in [5.74, 6) is -1.73. The number of halogens is 1. The van der Waals surface area contributed by atoms with Gasteiger partial charge in [0.1, 0.15) is 17.5 Å². The van der Waals surface area contributed by atoms with Crippen LogP contribution >= 0.6 is 0 Å². The zero-order valence-electron chi connectivity index (χ0n) is 19.7. The molecule has 2 aromatic carbocycles. The summed E-state index contributed by atoms with van der Waals surface area (Å²) >= 11 is 0. The summed E-state index contributed by atoms with van der Waals surface area (Å²) < 4.78 is 19.7. The molecule has 2 heterocycles. The van der Waals surface area contributed by atoms with Crippen LogP contribution < -0.4 is 5.06 Å². The Morgan fingerprint density at radius 3 is 2.49 bits per heavy atom. The lowest BCUT2D eigenvalue weighted by atomic mass is 9.63. The SMILES string of the molecule is C[C@H]1CC[C@@H]2[C@@H](OC(=O)C23CC(c2ccc(F)cc2)N(c2ccccc2)O3)[C@]2(C)C(=O)C=C[C@@]12O. The number of carbonyl (C=O) groups is 2. The lowest BCUT2D eigenvalue weighted by Crippen LogP contribution is -2.57. The van der Waals surface area contributed by atoms with E-state index in [1.807, 2.05) is 37.3 Å². The van der Waals surface area contributed by atoms with Crippen molar-refractivity contribution < 1.29 is 28.7 Å². The Balaban J connectivity index is 1.46. The van der Waals surface area contributed by atoms with E-state index in [0.29, 0.717) is 12.8 Å². The molecule has 1 N–H and O–H groups in total. The van der Waals surface area contributed by atoms with E-state index in [1.54, 1.807) is 30.2 Å². The fraction of sp³-hybridized carbons (Fsp3) is 0.429. The number of benzene rings is 2. The van der Waals surface area contributed by atoms with Gasteiger partial charge in [0.05, 0.1) is 17.1 Å². The number of ketones is 1. The van der Waals surface area contributed by atoms with Gasteiger partial charge in [-0.15, -0.1) is 0 Å². The van der Waals surface area contributed by atoms with Crippen LogP contribution in [0.4, 0.5) is 10.1 Å². The van der Waals surface area contributed by atoms with E-state index < -0.39 is 34.6 Å². The Kier molecular flexibility index (Phi) is 4.80. The Morgan fingerprint density at radius 2 is 1.77 bits per heavy atom. The van der Waals surface area contributed by atoms with Gasteiger partial charge in [-0.3, -0.25) is 9.63 Å². The number of esters is 1. The molecule has 0 aromatic heterocycles. The van der Waals surface area contributed by atoms with E-state index in [1.165, 1.54) is 18.2 Å². The molecule has 1 saturated carbocycles. The second-order valence-electron chi connectivity index (χ2n) is 10.5. The molecule has 2 unspecified atom stereocenters. The Labute approximate surface area is 203 Å². The standard InChI is InChI=1S/C28H28FNO5/c1-17-8-13-21-24(26(2)23(31)14-15-28(17,26)33)34-25(32)27(21)16-22(18-9-11-19(29)12-10-18)30(35-27)20-6-4-3-5-7-20/h3-7,9-12,14-15,17,21-22,24,33H,8,13,16H2,1-2H3/t17-,21+,22?,24+,26-,27?,28+/m0/s1. The van der Waals surface area contributed by atoms with Crippen molar-refractivity contribution in [3.63, 3.8) is 0 Å². The Morgan fingerprint density at radius 1 is 1.06 bits per heavy atom. The first-order valence-corrected chi connectivity index (χ1v) is 12.2. The lowest BCUT2D eigenvalue weighted by Gasteiger charge is -2.43. The van der Waals surface area contributed by atoms with Crippen LogP contribution in [0.2, 0.25) is 0 Å². The molecular formula is C28H28FNO5. The van der Waals surface area contributed by atoms with Gasteiger partial charge in [-0.1, -0.05) is 37.3 Å². The fourth-order valence-corrected chi connectivity index (χ4v) is 6.77. The number of hydroxylamine groups is 1. The highest BCUT2D eigenvalue weighted by atomic mass is 19.1. The van der Waals surface area contributed by atoms with Crippen molar-refractivity contribution in [1.82, 2.24) is 0 Å². The van der Waals surface area contributed by atoms with E-state index in [0.717, 1.165) is 11.3 Å². The van der Waals surface area contributed by atoms with Crippen LogP contribution in [0.25, 0.3) is 0 Å². The highest BCUT2D eigenvalue weighted by Crippen LogP contribution is 2.61. The van der Waals surface area contributed by atoms with Gasteiger partial charge in [-0.25, -0.2) is 14.2 Å². The van der Waals surface area contributed by atoms with Crippen LogP contribution in [-0.4, -0.2) is 34.2 Å². The molecular weight excluding hydrogens is 449 g/mol. The van der Waals surface area contributed by atoms with Crippen molar-refractivity contribution in [3.8, 4) is 0 Å². The van der Waals surface area contributed by atoms with Crippen LogP contribution in [0.5, 0.6) is 0 Å². The minimum absolute atomic E-state index is 0.198. The highest BCUT2D eigenvalue weighted by Gasteiger charge is 2.74. The maximum Gasteiger partial charge on any atom is 0.342 e. The molecule has 182 valence electrons. The molecule has 4 aliphatic rings. The summed E-state index contributed by atoms with van der Waals surface area (Å²) in [7, 11) is 0. The number of nitrogens with zero attached hydrogens (tertiary/aromatic N) is 1. The first-order chi connectivity index (χ1) is 16.7. The molecule has 2 aromatic rings. The summed E-state index contributed by atoms with van der Waals surface area (Å²) in [6, 6.07) is 15.3. The van der Waals surface area contributed by atoms with Gasteiger partial charge in [-0.05, 0) is 67.7 Å². The molecule has 7 heteroatoms. The molecule has 3 fully saturated rings. The maximum atomic E-state index is 13.7. The summed E-state index contributed by atoms with van der Waals surface area (Å²) in [5.41, 5.74) is -2.44. The smallest absolute Gasteiger partial charge is 0.342 e. The molecule has 1 spiro atoms. The maximum absolute atomic E-state index is 13.7. The highest BCUT2D eigenvalue weighted by molar-refractivity contribution is 6.00. The quantitative estimate of drug-likeness (QED) is 0.651. The predicted octanol–water partition coefficient (Wildman–Crippen LogP) is 4.30. The van der Waals surface area contributed by atoms with Gasteiger partial charge in [0.2, 0.25) is 5.60 Å². The van der Waals surface area contributed by atoms with Gasteiger partial charge in [0.15, 0.2) is 5.78 Å². The number of ether oxygens (including phenoxy) is 1. The van der Waals surface area contributed by atoms with E-state index in [9.17, 15) is 19.1 Å². The third-order valence-corrected chi connectivity index (χ3v) is 8.91. The molecule has 2 aliphatic carbocycles. The minimum atomic E-state index is -1.40. The van der Waals surface area contributed by atoms with Gasteiger partial charge in [-0.2, -0.15) is 0 Å². The van der Waals surface area contributed by atoms with Crippen molar-refractivity contribution in [2.24, 2.45) is 17.3 Å². The fourth-order valence-electron chi connectivity index (χ4n) is 6.77. The van der Waals surface area contributed by atoms with Crippen LogP contribution in [-0.2, 0) is 19.2 Å². The van der Waals surface area contributed by atoms with Crippen molar-refractivity contribution in [3.05, 3.63) is 78.1 Å². The molecule has 7 atom stereocenters. The molecule has 0 amide bonds. The molecule has 2 saturated heterocycles. The largest absolute Gasteiger partial charge is 0.459 e. The Hall–Kier alpha value is -3.03. The van der Waals surface area contributed by atoms with Crippen molar-refractivity contribution in [2.75, 3.05) is 5.06 Å². The van der Waals surface area contributed by atoms with E-state index in [4.69, 9.17) is 9.57 Å². The molecule has 6 nitrogen and oxygen atoms in total. The number of anilines is 1. The van der Waals surface area contributed by atoms with Crippen LogP contribution in [0, 0.1) is 23.1 Å². The third kappa shape index (κ3) is 2.88. The third-order valence-electron chi connectivity index (χ3n) is 8.91. The van der Waals surface area contributed by atoms with Crippen molar-refractivity contribution >= 4 is 17.4 Å². The second-order valence-corrected chi connectivity index (χ2v) is 10.5. The van der Waals surface area contributed by atoms with E-state index in [2.05, 4.69) is 0 Å². The number of para-hydroxylation sites is 1. The normalized spacial score (nSPS) is 40.1. The van der Waals surface area contributed by atoms with Gasteiger partial charge in [0, 0.05) is 12.3 Å². The predicted molar refractivity (Wildman–Crippen MR) is 125 cm³/mol. The molecule has 0 bridgehead atoms. The average molecular weight is 478 g/mol. The number of hydrogen-bond donors (Lipinski definition) is 1. The molecule has 6 rings (SSSR count). The van der Waals surface area contributed by atoms with Gasteiger partial charge in [0.25, 0.3) is 0 Å². The number of allylic oxidation sites excluding steroid dienone is 1. The number of hydrogen-bond acceptors (Lipinski definition) is 6. The topological polar surface area (TPSA) is 76.1 Å². The van der Waals surface area contributed by atoms with Crippen molar-refractivity contribution in [2.45, 2.75) is 56.5 Å². The minimum Gasteiger partial charge on any atom is -0.459 e.